The van der Waals surface area contributed by atoms with Gasteiger partial charge in [-0.15, -0.1) is 0 Å². The van der Waals surface area contributed by atoms with Crippen LogP contribution in [0.3, 0.4) is 0 Å². The number of hydrogen-bond acceptors (Lipinski definition) is 4. The average Bonchev–Trinajstić information content (AvgIpc) is 3.56. The smallest absolute Gasteiger partial charge is 0.226 e. The van der Waals surface area contributed by atoms with Crippen molar-refractivity contribution < 1.29 is 9.53 Å². The standard InChI is InChI=1S/C16H15Cl2N3O2.C4H8/c17-15-12(19)3-4-13(16(15)18)23-11-5-6-20-10(7-11)8-14(22)21-9-1-2-9;1-4-2-3-4/h3-7,9H,1-2,8,19H2,(H,21,22);4H,2-3H2,1H3. The second kappa shape index (κ2) is 8.81. The molecule has 144 valence electrons. The molecule has 7 heteroatoms. The summed E-state index contributed by atoms with van der Waals surface area (Å²) in [5, 5.41) is 3.42. The van der Waals surface area contributed by atoms with Gasteiger partial charge in [-0.1, -0.05) is 43.0 Å². The number of carbonyl (C=O) groups is 1. The monoisotopic (exact) mass is 407 g/mol. The van der Waals surface area contributed by atoms with Crippen molar-refractivity contribution in [2.75, 3.05) is 5.73 Å². The van der Waals surface area contributed by atoms with Gasteiger partial charge in [-0.05, 0) is 37.0 Å². The van der Waals surface area contributed by atoms with E-state index in [1.165, 1.54) is 12.8 Å². The van der Waals surface area contributed by atoms with Crippen LogP contribution >= 0.6 is 23.2 Å². The number of amides is 1. The first-order valence-corrected chi connectivity index (χ1v) is 9.83. The number of carbonyl (C=O) groups excluding carboxylic acids is 1. The molecule has 0 unspecified atom stereocenters. The number of nitrogens with zero attached hydrogens (tertiary/aromatic N) is 1. The summed E-state index contributed by atoms with van der Waals surface area (Å²) in [6.07, 6.45) is 6.88. The summed E-state index contributed by atoms with van der Waals surface area (Å²) in [6, 6.07) is 6.98. The highest BCUT2D eigenvalue weighted by Gasteiger charge is 2.23. The van der Waals surface area contributed by atoms with Crippen molar-refractivity contribution in [3.8, 4) is 11.5 Å². The minimum atomic E-state index is -0.0364. The van der Waals surface area contributed by atoms with Crippen LogP contribution in [-0.2, 0) is 11.2 Å². The number of pyridine rings is 1. The Morgan fingerprint density at radius 1 is 1.22 bits per heavy atom. The molecule has 1 aromatic carbocycles. The Balaban J connectivity index is 0.000000466. The zero-order valence-electron chi connectivity index (χ0n) is 15.2. The van der Waals surface area contributed by atoms with Gasteiger partial charge in [0, 0.05) is 18.3 Å². The summed E-state index contributed by atoms with van der Waals surface area (Å²) in [6.45, 7) is 2.28. The number of rotatable bonds is 5. The lowest BCUT2D eigenvalue weighted by molar-refractivity contribution is -0.120. The molecule has 3 N–H and O–H groups in total. The summed E-state index contributed by atoms with van der Waals surface area (Å²) in [7, 11) is 0. The first kappa shape index (κ1) is 19.8. The minimum absolute atomic E-state index is 0.0364. The van der Waals surface area contributed by atoms with Crippen molar-refractivity contribution in [1.82, 2.24) is 10.3 Å². The van der Waals surface area contributed by atoms with E-state index in [1.54, 1.807) is 30.5 Å². The van der Waals surface area contributed by atoms with Crippen LogP contribution in [0.15, 0.2) is 30.5 Å². The lowest BCUT2D eigenvalue weighted by Crippen LogP contribution is -2.27. The van der Waals surface area contributed by atoms with Gasteiger partial charge in [0.25, 0.3) is 0 Å². The molecule has 2 aliphatic carbocycles. The average molecular weight is 408 g/mol. The molecule has 27 heavy (non-hydrogen) atoms. The van der Waals surface area contributed by atoms with E-state index in [1.807, 2.05) is 0 Å². The molecule has 2 aliphatic rings. The van der Waals surface area contributed by atoms with E-state index in [-0.39, 0.29) is 22.4 Å². The molecular weight excluding hydrogens is 385 g/mol. The van der Waals surface area contributed by atoms with Crippen molar-refractivity contribution >= 4 is 34.8 Å². The third-order valence-electron chi connectivity index (χ3n) is 4.24. The van der Waals surface area contributed by atoms with Crippen LogP contribution in [0.2, 0.25) is 10.0 Å². The Labute approximate surface area is 169 Å². The van der Waals surface area contributed by atoms with Gasteiger partial charge in [-0.25, -0.2) is 0 Å². The maximum absolute atomic E-state index is 11.8. The van der Waals surface area contributed by atoms with Crippen molar-refractivity contribution in [3.05, 3.63) is 46.2 Å². The molecule has 0 bridgehead atoms. The molecule has 1 amide bonds. The summed E-state index contributed by atoms with van der Waals surface area (Å²) >= 11 is 12.1. The van der Waals surface area contributed by atoms with Crippen LogP contribution in [0.4, 0.5) is 5.69 Å². The maximum atomic E-state index is 11.8. The Kier molecular flexibility index (Phi) is 6.45. The van der Waals surface area contributed by atoms with Gasteiger partial charge in [0.1, 0.15) is 16.5 Å². The zero-order chi connectivity index (χ0) is 19.4. The van der Waals surface area contributed by atoms with Crippen molar-refractivity contribution in [3.63, 3.8) is 0 Å². The Hall–Kier alpha value is -1.98. The molecule has 2 aromatic rings. The fourth-order valence-corrected chi connectivity index (χ4v) is 2.57. The zero-order valence-corrected chi connectivity index (χ0v) is 16.7. The van der Waals surface area contributed by atoms with E-state index in [2.05, 4.69) is 17.2 Å². The summed E-state index contributed by atoms with van der Waals surface area (Å²) in [5.74, 6) is 1.97. The molecule has 0 spiro atoms. The lowest BCUT2D eigenvalue weighted by Gasteiger charge is -2.10. The van der Waals surface area contributed by atoms with Crippen molar-refractivity contribution in [2.24, 2.45) is 5.92 Å². The number of aromatic nitrogens is 1. The van der Waals surface area contributed by atoms with Crippen molar-refractivity contribution in [2.45, 2.75) is 45.1 Å². The summed E-state index contributed by atoms with van der Waals surface area (Å²) in [5.41, 5.74) is 6.69. The van der Waals surface area contributed by atoms with Gasteiger partial charge >= 0.3 is 0 Å². The SMILES string of the molecule is CC1CC1.Nc1ccc(Oc2ccnc(CC(=O)NC3CC3)c2)c(Cl)c1Cl. The number of halogens is 2. The normalized spacial score (nSPS) is 15.5. The van der Waals surface area contributed by atoms with Gasteiger partial charge in [-0.3, -0.25) is 9.78 Å². The maximum Gasteiger partial charge on any atom is 0.226 e. The molecule has 5 nitrogen and oxygen atoms in total. The molecular formula is C20H23Cl2N3O2. The van der Waals surface area contributed by atoms with Gasteiger partial charge in [0.2, 0.25) is 5.91 Å². The molecule has 4 rings (SSSR count). The third-order valence-corrected chi connectivity index (χ3v) is 5.12. The Morgan fingerprint density at radius 3 is 2.56 bits per heavy atom. The van der Waals surface area contributed by atoms with Crippen LogP contribution in [0, 0.1) is 5.92 Å². The largest absolute Gasteiger partial charge is 0.456 e. The quantitative estimate of drug-likeness (QED) is 0.683. The predicted octanol–water partition coefficient (Wildman–Crippen LogP) is 5.00. The highest BCUT2D eigenvalue weighted by atomic mass is 35.5. The van der Waals surface area contributed by atoms with Gasteiger partial charge < -0.3 is 15.8 Å². The molecule has 0 aliphatic heterocycles. The van der Waals surface area contributed by atoms with E-state index in [9.17, 15) is 4.79 Å². The number of nitrogen functional groups attached to an aromatic ring is 1. The highest BCUT2D eigenvalue weighted by molar-refractivity contribution is 6.44. The fourth-order valence-electron chi connectivity index (χ4n) is 2.21. The lowest BCUT2D eigenvalue weighted by atomic mass is 10.2. The highest BCUT2D eigenvalue weighted by Crippen LogP contribution is 2.38. The molecule has 0 saturated heterocycles. The van der Waals surface area contributed by atoms with E-state index < -0.39 is 0 Å². The topological polar surface area (TPSA) is 77.2 Å². The van der Waals surface area contributed by atoms with Crippen LogP contribution in [0.1, 0.15) is 38.3 Å². The molecule has 1 heterocycles. The second-order valence-corrected chi connectivity index (χ2v) is 7.82. The van der Waals surface area contributed by atoms with Gasteiger partial charge in [0.15, 0.2) is 0 Å². The molecule has 2 saturated carbocycles. The summed E-state index contributed by atoms with van der Waals surface area (Å²) < 4.78 is 5.72. The van der Waals surface area contributed by atoms with Gasteiger partial charge in [0.05, 0.1) is 22.8 Å². The summed E-state index contributed by atoms with van der Waals surface area (Å²) in [4.78, 5) is 16.0. The van der Waals surface area contributed by atoms with E-state index in [0.717, 1.165) is 18.8 Å². The number of hydrogen-bond donors (Lipinski definition) is 2. The van der Waals surface area contributed by atoms with Crippen molar-refractivity contribution in [1.29, 1.82) is 0 Å². The molecule has 2 fully saturated rings. The van der Waals surface area contributed by atoms with E-state index in [0.29, 0.717) is 28.9 Å². The Bertz CT molecular complexity index is 821. The number of benzene rings is 1. The van der Waals surface area contributed by atoms with Crippen LogP contribution < -0.4 is 15.8 Å². The number of nitrogens with two attached hydrogens (primary N) is 1. The fraction of sp³-hybridized carbons (Fsp3) is 0.400. The number of nitrogens with one attached hydrogen (secondary N) is 1. The van der Waals surface area contributed by atoms with Gasteiger partial charge in [-0.2, -0.15) is 0 Å². The Morgan fingerprint density at radius 2 is 1.93 bits per heavy atom. The molecule has 1 aromatic heterocycles. The first-order chi connectivity index (χ1) is 12.9. The minimum Gasteiger partial charge on any atom is -0.456 e. The number of ether oxygens (including phenoxy) is 1. The van der Waals surface area contributed by atoms with E-state index in [4.69, 9.17) is 33.7 Å². The van der Waals surface area contributed by atoms with Crippen LogP contribution in [0.25, 0.3) is 0 Å². The number of anilines is 1. The second-order valence-electron chi connectivity index (χ2n) is 7.07. The van der Waals surface area contributed by atoms with Crippen LogP contribution in [0.5, 0.6) is 11.5 Å². The molecule has 0 atom stereocenters. The van der Waals surface area contributed by atoms with Crippen LogP contribution in [-0.4, -0.2) is 16.9 Å². The molecule has 0 radical (unpaired) electrons. The third kappa shape index (κ3) is 6.29. The first-order valence-electron chi connectivity index (χ1n) is 9.08. The van der Waals surface area contributed by atoms with E-state index >= 15 is 0 Å². The predicted molar refractivity (Wildman–Crippen MR) is 108 cm³/mol.